The van der Waals surface area contributed by atoms with E-state index in [1.54, 1.807) is 7.11 Å². The highest BCUT2D eigenvalue weighted by Crippen LogP contribution is 2.33. The summed E-state index contributed by atoms with van der Waals surface area (Å²) in [4.78, 5) is 17.0. The molecular weight excluding hydrogens is 266 g/mol. The molecule has 4 rings (SSSR count). The van der Waals surface area contributed by atoms with Crippen molar-refractivity contribution in [2.45, 2.75) is 43.7 Å². The van der Waals surface area contributed by atoms with Gasteiger partial charge in [0.2, 0.25) is 0 Å². The first-order chi connectivity index (χ1) is 10.2. The summed E-state index contributed by atoms with van der Waals surface area (Å²) in [5.74, 6) is 1.56. The third-order valence-corrected chi connectivity index (χ3v) is 4.61. The van der Waals surface area contributed by atoms with Crippen molar-refractivity contribution in [3.8, 4) is 5.75 Å². The Morgan fingerprint density at radius 2 is 2.19 bits per heavy atom. The second-order valence-corrected chi connectivity index (χ2v) is 6.18. The molecule has 1 amide bonds. The predicted molar refractivity (Wildman–Crippen MR) is 79.5 cm³/mol. The van der Waals surface area contributed by atoms with E-state index < -0.39 is 5.54 Å². The van der Waals surface area contributed by atoms with Gasteiger partial charge in [0, 0.05) is 6.42 Å². The van der Waals surface area contributed by atoms with Crippen LogP contribution in [0.3, 0.4) is 0 Å². The fraction of sp³-hybridized carbons (Fsp3) is 0.500. The van der Waals surface area contributed by atoms with E-state index in [0.29, 0.717) is 18.4 Å². The highest BCUT2D eigenvalue weighted by molar-refractivity contribution is 6.09. The molecule has 1 unspecified atom stereocenters. The van der Waals surface area contributed by atoms with Crippen molar-refractivity contribution in [2.24, 2.45) is 4.99 Å². The summed E-state index contributed by atoms with van der Waals surface area (Å²) in [7, 11) is 1.67. The van der Waals surface area contributed by atoms with E-state index in [-0.39, 0.29) is 5.91 Å². The first-order valence-corrected chi connectivity index (χ1v) is 7.52. The van der Waals surface area contributed by atoms with E-state index in [9.17, 15) is 4.79 Å². The molecule has 0 aromatic heterocycles. The molecule has 1 spiro atoms. The minimum absolute atomic E-state index is 0.0513. The van der Waals surface area contributed by atoms with Gasteiger partial charge < -0.3 is 10.1 Å². The summed E-state index contributed by atoms with van der Waals surface area (Å²) in [6, 6.07) is 6.53. The number of hydrogen-bond acceptors (Lipinski definition) is 3. The summed E-state index contributed by atoms with van der Waals surface area (Å²) in [5.41, 5.74) is 1.96. The van der Waals surface area contributed by atoms with Gasteiger partial charge in [-0.3, -0.25) is 10.1 Å². The second-order valence-electron chi connectivity index (χ2n) is 6.18. The van der Waals surface area contributed by atoms with Gasteiger partial charge in [-0.05, 0) is 48.9 Å². The monoisotopic (exact) mass is 285 g/mol. The van der Waals surface area contributed by atoms with Crippen LogP contribution in [-0.4, -0.2) is 30.6 Å². The number of nitrogens with zero attached hydrogens (tertiary/aromatic N) is 1. The highest BCUT2D eigenvalue weighted by atomic mass is 16.5. The molecule has 1 aliphatic heterocycles. The average molecular weight is 285 g/mol. The Morgan fingerprint density at radius 1 is 1.33 bits per heavy atom. The van der Waals surface area contributed by atoms with Gasteiger partial charge in [0.05, 0.1) is 13.2 Å². The second kappa shape index (κ2) is 4.48. The number of nitrogens with one attached hydrogen (secondary N) is 2. The van der Waals surface area contributed by atoms with E-state index in [0.717, 1.165) is 31.4 Å². The molecule has 1 aromatic carbocycles. The molecule has 110 valence electrons. The predicted octanol–water partition coefficient (Wildman–Crippen LogP) is 1.16. The van der Waals surface area contributed by atoms with E-state index in [1.165, 1.54) is 11.1 Å². The molecule has 1 atom stereocenters. The Kier molecular flexibility index (Phi) is 2.71. The van der Waals surface area contributed by atoms with Crippen molar-refractivity contribution in [2.75, 3.05) is 7.11 Å². The fourth-order valence-corrected chi connectivity index (χ4v) is 3.19. The molecular formula is C16H19N3O2. The quantitative estimate of drug-likeness (QED) is 0.857. The molecule has 1 heterocycles. The van der Waals surface area contributed by atoms with Crippen LogP contribution in [0.5, 0.6) is 5.75 Å². The molecule has 1 saturated heterocycles. The Morgan fingerprint density at radius 3 is 2.95 bits per heavy atom. The van der Waals surface area contributed by atoms with Crippen LogP contribution in [0.4, 0.5) is 0 Å². The molecule has 21 heavy (non-hydrogen) atoms. The van der Waals surface area contributed by atoms with E-state index in [4.69, 9.17) is 4.74 Å². The van der Waals surface area contributed by atoms with Crippen molar-refractivity contribution in [3.05, 3.63) is 29.3 Å². The van der Waals surface area contributed by atoms with Crippen LogP contribution in [0.15, 0.2) is 23.2 Å². The first-order valence-electron chi connectivity index (χ1n) is 7.52. The number of methoxy groups -OCH3 is 1. The minimum Gasteiger partial charge on any atom is -0.497 e. The normalized spacial score (nSPS) is 29.2. The number of ether oxygens (including phenoxy) is 1. The molecule has 3 aliphatic rings. The van der Waals surface area contributed by atoms with Crippen LogP contribution in [0.25, 0.3) is 0 Å². The Balaban J connectivity index is 1.62. The molecule has 2 fully saturated rings. The van der Waals surface area contributed by atoms with Crippen LogP contribution < -0.4 is 15.4 Å². The third kappa shape index (κ3) is 2.17. The Labute approximate surface area is 123 Å². The molecule has 1 aromatic rings. The van der Waals surface area contributed by atoms with Gasteiger partial charge in [0.1, 0.15) is 11.3 Å². The number of aryl methyl sites for hydroxylation is 1. The molecule has 2 N–H and O–H groups in total. The van der Waals surface area contributed by atoms with Gasteiger partial charge >= 0.3 is 0 Å². The topological polar surface area (TPSA) is 62.7 Å². The number of aliphatic imine (C=N–C) groups is 1. The molecule has 0 bridgehead atoms. The Hall–Kier alpha value is -2.04. The largest absolute Gasteiger partial charge is 0.497 e. The van der Waals surface area contributed by atoms with Gasteiger partial charge in [0.15, 0.2) is 5.96 Å². The lowest BCUT2D eigenvalue weighted by atomic mass is 9.78. The lowest BCUT2D eigenvalue weighted by molar-refractivity contribution is -0.124. The summed E-state index contributed by atoms with van der Waals surface area (Å²) < 4.78 is 5.30. The van der Waals surface area contributed by atoms with Gasteiger partial charge in [-0.15, -0.1) is 0 Å². The lowest BCUT2D eigenvalue weighted by Crippen LogP contribution is -2.51. The van der Waals surface area contributed by atoms with Crippen molar-refractivity contribution in [1.29, 1.82) is 0 Å². The molecule has 1 saturated carbocycles. The third-order valence-electron chi connectivity index (χ3n) is 4.61. The Bertz CT molecular complexity index is 636. The van der Waals surface area contributed by atoms with Crippen molar-refractivity contribution >= 4 is 11.9 Å². The maximum Gasteiger partial charge on any atom is 0.252 e. The summed E-state index contributed by atoms with van der Waals surface area (Å²) >= 11 is 0. The smallest absolute Gasteiger partial charge is 0.252 e. The summed E-state index contributed by atoms with van der Waals surface area (Å²) in [6.45, 7) is 0. The van der Waals surface area contributed by atoms with E-state index >= 15 is 0 Å². The number of hydrogen-bond donors (Lipinski definition) is 2. The van der Waals surface area contributed by atoms with Gasteiger partial charge in [0.25, 0.3) is 5.91 Å². The standard InChI is InChI=1S/C16H19N3O2/c1-21-13-5-2-10-6-7-16(9-11(10)8-13)14(20)18-15(19-16)17-12-3-4-12/h2,5,8,12H,3-4,6-7,9H2,1H3,(H2,17,18,19,20). The number of fused-ring (bicyclic) bond motifs is 1. The van der Waals surface area contributed by atoms with Crippen molar-refractivity contribution < 1.29 is 9.53 Å². The first kappa shape index (κ1) is 12.7. The number of amides is 1. The van der Waals surface area contributed by atoms with Crippen LogP contribution in [0.2, 0.25) is 0 Å². The maximum atomic E-state index is 12.4. The van der Waals surface area contributed by atoms with Gasteiger partial charge in [-0.25, -0.2) is 4.99 Å². The summed E-state index contributed by atoms with van der Waals surface area (Å²) in [6.07, 6.45) is 4.66. The molecule has 2 aliphatic carbocycles. The van der Waals surface area contributed by atoms with Crippen LogP contribution in [0.1, 0.15) is 30.4 Å². The molecule has 5 nitrogen and oxygen atoms in total. The number of carbonyl (C=O) groups is 1. The van der Waals surface area contributed by atoms with Gasteiger partial charge in [-0.2, -0.15) is 0 Å². The zero-order valence-electron chi connectivity index (χ0n) is 12.1. The zero-order valence-corrected chi connectivity index (χ0v) is 12.1. The average Bonchev–Trinajstić information content (AvgIpc) is 3.25. The lowest BCUT2D eigenvalue weighted by Gasteiger charge is -2.32. The van der Waals surface area contributed by atoms with Crippen molar-refractivity contribution in [3.63, 3.8) is 0 Å². The number of benzene rings is 1. The number of rotatable bonds is 2. The van der Waals surface area contributed by atoms with Crippen LogP contribution in [0, 0.1) is 0 Å². The van der Waals surface area contributed by atoms with Crippen molar-refractivity contribution in [1.82, 2.24) is 10.6 Å². The maximum absolute atomic E-state index is 12.4. The van der Waals surface area contributed by atoms with Crippen LogP contribution in [-0.2, 0) is 17.6 Å². The molecule has 0 radical (unpaired) electrons. The number of guanidine groups is 1. The van der Waals surface area contributed by atoms with Gasteiger partial charge in [-0.1, -0.05) is 6.07 Å². The van der Waals surface area contributed by atoms with Crippen LogP contribution >= 0.6 is 0 Å². The SMILES string of the molecule is COc1ccc2c(c1)CC1(CC2)NC(=NC2CC2)NC1=O. The fourth-order valence-electron chi connectivity index (χ4n) is 3.19. The van der Waals surface area contributed by atoms with E-state index in [2.05, 4.69) is 21.7 Å². The zero-order chi connectivity index (χ0) is 14.4. The summed E-state index contributed by atoms with van der Waals surface area (Å²) in [5, 5.41) is 6.27. The molecule has 5 heteroatoms. The minimum atomic E-state index is -0.535. The van der Waals surface area contributed by atoms with E-state index in [1.807, 2.05) is 12.1 Å². The number of carbonyl (C=O) groups excluding carboxylic acids is 1. The highest BCUT2D eigenvalue weighted by Gasteiger charge is 2.47.